The SMILES string of the molecule is NC1CCCN(Cc2nc3ccccc3[nH]2)C1. The average Bonchev–Trinajstić information content (AvgIpc) is 2.71. The lowest BCUT2D eigenvalue weighted by molar-refractivity contribution is 0.198. The van der Waals surface area contributed by atoms with Crippen molar-refractivity contribution < 1.29 is 0 Å². The zero-order valence-electron chi connectivity index (χ0n) is 9.89. The molecule has 1 unspecified atom stereocenters. The van der Waals surface area contributed by atoms with Gasteiger partial charge in [0.05, 0.1) is 17.6 Å². The van der Waals surface area contributed by atoms with Gasteiger partial charge in [-0.25, -0.2) is 4.98 Å². The van der Waals surface area contributed by atoms with E-state index in [9.17, 15) is 0 Å². The molecule has 4 heteroatoms. The average molecular weight is 230 g/mol. The molecule has 0 radical (unpaired) electrons. The van der Waals surface area contributed by atoms with Crippen LogP contribution < -0.4 is 5.73 Å². The summed E-state index contributed by atoms with van der Waals surface area (Å²) in [5.41, 5.74) is 8.14. The number of H-pyrrole nitrogens is 1. The van der Waals surface area contributed by atoms with Gasteiger partial charge in [-0.15, -0.1) is 0 Å². The van der Waals surface area contributed by atoms with Crippen molar-refractivity contribution in [2.45, 2.75) is 25.4 Å². The molecule has 0 spiro atoms. The number of fused-ring (bicyclic) bond motifs is 1. The van der Waals surface area contributed by atoms with Crippen molar-refractivity contribution in [3.63, 3.8) is 0 Å². The van der Waals surface area contributed by atoms with E-state index in [1.165, 1.54) is 6.42 Å². The van der Waals surface area contributed by atoms with E-state index in [2.05, 4.69) is 20.9 Å². The van der Waals surface area contributed by atoms with Crippen molar-refractivity contribution in [1.82, 2.24) is 14.9 Å². The van der Waals surface area contributed by atoms with Gasteiger partial charge in [0.25, 0.3) is 0 Å². The predicted octanol–water partition coefficient (Wildman–Crippen LogP) is 1.49. The number of nitrogens with zero attached hydrogens (tertiary/aromatic N) is 2. The highest BCUT2D eigenvalue weighted by Gasteiger charge is 2.17. The molecule has 4 nitrogen and oxygen atoms in total. The number of nitrogens with one attached hydrogen (secondary N) is 1. The number of piperidine rings is 1. The molecular weight excluding hydrogens is 212 g/mol. The van der Waals surface area contributed by atoms with Gasteiger partial charge >= 0.3 is 0 Å². The molecule has 3 N–H and O–H groups in total. The van der Waals surface area contributed by atoms with Crippen molar-refractivity contribution >= 4 is 11.0 Å². The van der Waals surface area contributed by atoms with Crippen LogP contribution in [0.2, 0.25) is 0 Å². The lowest BCUT2D eigenvalue weighted by Gasteiger charge is -2.29. The zero-order chi connectivity index (χ0) is 11.7. The highest BCUT2D eigenvalue weighted by atomic mass is 15.2. The molecule has 1 saturated heterocycles. The number of nitrogens with two attached hydrogens (primary N) is 1. The highest BCUT2D eigenvalue weighted by molar-refractivity contribution is 5.74. The molecule has 2 aromatic rings. The topological polar surface area (TPSA) is 57.9 Å². The Bertz CT molecular complexity index is 472. The van der Waals surface area contributed by atoms with Gasteiger partial charge in [-0.05, 0) is 31.5 Å². The Morgan fingerprint density at radius 3 is 3.12 bits per heavy atom. The lowest BCUT2D eigenvalue weighted by atomic mass is 10.1. The molecular formula is C13H18N4. The highest BCUT2D eigenvalue weighted by Crippen LogP contribution is 2.14. The quantitative estimate of drug-likeness (QED) is 0.821. The normalized spacial score (nSPS) is 22.1. The molecule has 3 rings (SSSR count). The number of para-hydroxylation sites is 2. The number of hydrogen-bond donors (Lipinski definition) is 2. The molecule has 0 amide bonds. The minimum absolute atomic E-state index is 0.327. The van der Waals surface area contributed by atoms with Crippen molar-refractivity contribution in [3.05, 3.63) is 30.1 Å². The molecule has 90 valence electrons. The second-order valence-corrected chi connectivity index (χ2v) is 4.84. The third-order valence-electron chi connectivity index (χ3n) is 3.35. The maximum absolute atomic E-state index is 5.98. The molecule has 1 aliphatic heterocycles. The van der Waals surface area contributed by atoms with Crippen LogP contribution in [0.1, 0.15) is 18.7 Å². The summed E-state index contributed by atoms with van der Waals surface area (Å²) >= 11 is 0. The molecule has 0 aliphatic carbocycles. The van der Waals surface area contributed by atoms with Crippen LogP contribution in [0.5, 0.6) is 0 Å². The Kier molecular flexibility index (Phi) is 2.82. The predicted molar refractivity (Wildman–Crippen MR) is 68.6 cm³/mol. The van der Waals surface area contributed by atoms with Crippen LogP contribution in [0.15, 0.2) is 24.3 Å². The molecule has 2 heterocycles. The lowest BCUT2D eigenvalue weighted by Crippen LogP contribution is -2.42. The van der Waals surface area contributed by atoms with E-state index in [1.54, 1.807) is 0 Å². The third-order valence-corrected chi connectivity index (χ3v) is 3.35. The Balaban J connectivity index is 1.75. The van der Waals surface area contributed by atoms with Crippen LogP contribution in [0.3, 0.4) is 0 Å². The monoisotopic (exact) mass is 230 g/mol. The van der Waals surface area contributed by atoms with E-state index in [1.807, 2.05) is 18.2 Å². The van der Waals surface area contributed by atoms with Crippen molar-refractivity contribution in [3.8, 4) is 0 Å². The van der Waals surface area contributed by atoms with Crippen LogP contribution in [-0.4, -0.2) is 34.0 Å². The van der Waals surface area contributed by atoms with Crippen LogP contribution in [0.4, 0.5) is 0 Å². The summed E-state index contributed by atoms with van der Waals surface area (Å²) in [4.78, 5) is 10.3. The number of likely N-dealkylation sites (tertiary alicyclic amines) is 1. The van der Waals surface area contributed by atoms with Crippen LogP contribution in [0, 0.1) is 0 Å². The maximum Gasteiger partial charge on any atom is 0.121 e. The Labute approximate surface area is 101 Å². The molecule has 1 atom stereocenters. The molecule has 0 saturated carbocycles. The first-order valence-electron chi connectivity index (χ1n) is 6.23. The second kappa shape index (κ2) is 4.47. The minimum atomic E-state index is 0.327. The van der Waals surface area contributed by atoms with Crippen LogP contribution in [0.25, 0.3) is 11.0 Å². The first-order valence-corrected chi connectivity index (χ1v) is 6.23. The Morgan fingerprint density at radius 1 is 1.41 bits per heavy atom. The van der Waals surface area contributed by atoms with Gasteiger partial charge in [-0.3, -0.25) is 4.90 Å². The van der Waals surface area contributed by atoms with Gasteiger partial charge in [0, 0.05) is 12.6 Å². The fourth-order valence-electron chi connectivity index (χ4n) is 2.53. The first-order chi connectivity index (χ1) is 8.31. The zero-order valence-corrected chi connectivity index (χ0v) is 9.89. The van der Waals surface area contributed by atoms with E-state index < -0.39 is 0 Å². The number of rotatable bonds is 2. The van der Waals surface area contributed by atoms with Gasteiger partial charge in [0.1, 0.15) is 5.82 Å². The first kappa shape index (κ1) is 10.7. The number of benzene rings is 1. The van der Waals surface area contributed by atoms with Gasteiger partial charge in [0.2, 0.25) is 0 Å². The van der Waals surface area contributed by atoms with Gasteiger partial charge < -0.3 is 10.7 Å². The summed E-state index contributed by atoms with van der Waals surface area (Å²) in [6, 6.07) is 8.48. The smallest absolute Gasteiger partial charge is 0.121 e. The number of hydrogen-bond acceptors (Lipinski definition) is 3. The molecule has 1 fully saturated rings. The van der Waals surface area contributed by atoms with Crippen molar-refractivity contribution in [2.24, 2.45) is 5.73 Å². The minimum Gasteiger partial charge on any atom is -0.341 e. The van der Waals surface area contributed by atoms with E-state index in [-0.39, 0.29) is 0 Å². The second-order valence-electron chi connectivity index (χ2n) is 4.84. The Hall–Kier alpha value is -1.39. The van der Waals surface area contributed by atoms with Crippen LogP contribution in [-0.2, 0) is 6.54 Å². The Morgan fingerprint density at radius 2 is 2.29 bits per heavy atom. The fraction of sp³-hybridized carbons (Fsp3) is 0.462. The van der Waals surface area contributed by atoms with E-state index >= 15 is 0 Å². The van der Waals surface area contributed by atoms with E-state index in [0.717, 1.165) is 42.9 Å². The molecule has 1 aliphatic rings. The van der Waals surface area contributed by atoms with Crippen LogP contribution >= 0.6 is 0 Å². The number of aromatic amines is 1. The standard InChI is InChI=1S/C13H18N4/c14-10-4-3-7-17(8-10)9-13-15-11-5-1-2-6-12(11)16-13/h1-2,5-6,10H,3-4,7-9,14H2,(H,15,16). The van der Waals surface area contributed by atoms with E-state index in [0.29, 0.717) is 6.04 Å². The summed E-state index contributed by atoms with van der Waals surface area (Å²) in [6.07, 6.45) is 2.35. The molecule has 1 aromatic heterocycles. The number of aromatic nitrogens is 2. The maximum atomic E-state index is 5.98. The largest absolute Gasteiger partial charge is 0.341 e. The summed E-state index contributed by atoms with van der Waals surface area (Å²) < 4.78 is 0. The fourth-order valence-corrected chi connectivity index (χ4v) is 2.53. The van der Waals surface area contributed by atoms with Crippen molar-refractivity contribution in [1.29, 1.82) is 0 Å². The van der Waals surface area contributed by atoms with Gasteiger partial charge in [0.15, 0.2) is 0 Å². The van der Waals surface area contributed by atoms with Gasteiger partial charge in [-0.1, -0.05) is 12.1 Å². The molecule has 1 aromatic carbocycles. The number of imidazole rings is 1. The summed E-state index contributed by atoms with van der Waals surface area (Å²) in [5, 5.41) is 0. The van der Waals surface area contributed by atoms with E-state index in [4.69, 9.17) is 5.73 Å². The summed E-state index contributed by atoms with van der Waals surface area (Å²) in [7, 11) is 0. The van der Waals surface area contributed by atoms with Gasteiger partial charge in [-0.2, -0.15) is 0 Å². The summed E-state index contributed by atoms with van der Waals surface area (Å²) in [6.45, 7) is 2.99. The third kappa shape index (κ3) is 2.33. The van der Waals surface area contributed by atoms with Crippen molar-refractivity contribution in [2.75, 3.05) is 13.1 Å². The molecule has 17 heavy (non-hydrogen) atoms. The molecule has 0 bridgehead atoms. The summed E-state index contributed by atoms with van der Waals surface area (Å²) in [5.74, 6) is 1.04.